The molecule has 218 valence electrons. The molecule has 0 unspecified atom stereocenters. The largest absolute Gasteiger partial charge is 0.490 e. The number of rotatable bonds is 7. The third kappa shape index (κ3) is 7.49. The minimum atomic E-state index is -5.08. The number of nitrogens with zero attached hydrogens (tertiary/aromatic N) is 4. The average molecular weight is 589 g/mol. The Morgan fingerprint density at radius 3 is 2.30 bits per heavy atom. The lowest BCUT2D eigenvalue weighted by Gasteiger charge is -2.07. The number of H-pyrrole nitrogens is 1. The van der Waals surface area contributed by atoms with Gasteiger partial charge < -0.3 is 15.4 Å². The van der Waals surface area contributed by atoms with Crippen LogP contribution in [-0.2, 0) is 17.9 Å². The Labute approximate surface area is 242 Å². The molecule has 0 atom stereocenters. The van der Waals surface area contributed by atoms with E-state index in [9.17, 15) is 17.6 Å². The summed E-state index contributed by atoms with van der Waals surface area (Å²) in [5, 5.41) is 19.4. The molecule has 6 aromatic rings. The minimum absolute atomic E-state index is 0.278. The second kappa shape index (κ2) is 12.7. The van der Waals surface area contributed by atoms with Crippen LogP contribution >= 0.6 is 0 Å². The van der Waals surface area contributed by atoms with Crippen LogP contribution < -0.4 is 5.32 Å². The number of aromatic nitrogens is 5. The van der Waals surface area contributed by atoms with Gasteiger partial charge in [0, 0.05) is 18.7 Å². The molecule has 3 N–H and O–H groups in total. The number of carbonyl (C=O) groups is 1. The fourth-order valence-corrected chi connectivity index (χ4v) is 4.18. The number of carboxylic acid groups (broad SMARTS) is 1. The SMILES string of the molecule is Fc1ccc2nc(-c3cccc(-c4ccc(CNCc5cnn(-c6ccccc6)n5)cc4)c3)[nH]c2c1.O=C(O)C(F)(F)F. The van der Waals surface area contributed by atoms with E-state index in [1.165, 1.54) is 17.7 Å². The lowest BCUT2D eigenvalue weighted by atomic mass is 10.0. The second-order valence-corrected chi connectivity index (χ2v) is 9.39. The number of aromatic amines is 1. The van der Waals surface area contributed by atoms with E-state index in [0.717, 1.165) is 46.0 Å². The fourth-order valence-electron chi connectivity index (χ4n) is 4.18. The molecule has 0 bridgehead atoms. The molecule has 0 aliphatic heterocycles. The molecule has 4 aromatic carbocycles. The minimum Gasteiger partial charge on any atom is -0.475 e. The van der Waals surface area contributed by atoms with E-state index in [2.05, 4.69) is 61.9 Å². The molecule has 2 heterocycles. The van der Waals surface area contributed by atoms with Crippen LogP contribution in [0.2, 0.25) is 0 Å². The number of hydrogen-bond acceptors (Lipinski definition) is 5. The lowest BCUT2D eigenvalue weighted by Crippen LogP contribution is -2.21. The molecule has 6 rings (SSSR count). The molecular weight excluding hydrogens is 564 g/mol. The molecule has 0 saturated carbocycles. The van der Waals surface area contributed by atoms with Crippen LogP contribution in [0.1, 0.15) is 11.3 Å². The number of para-hydroxylation sites is 1. The number of alkyl halides is 3. The molecule has 12 heteroatoms. The molecule has 2 aromatic heterocycles. The van der Waals surface area contributed by atoms with Crippen molar-refractivity contribution in [3.8, 4) is 28.2 Å². The molecule has 0 aliphatic carbocycles. The Balaban J connectivity index is 0.000000472. The van der Waals surface area contributed by atoms with Crippen LogP contribution in [-0.4, -0.2) is 42.2 Å². The average Bonchev–Trinajstić information content (AvgIpc) is 3.65. The monoisotopic (exact) mass is 588 g/mol. The van der Waals surface area contributed by atoms with Crippen LogP contribution in [0.4, 0.5) is 17.6 Å². The highest BCUT2D eigenvalue weighted by molar-refractivity contribution is 5.80. The zero-order valence-corrected chi connectivity index (χ0v) is 22.4. The van der Waals surface area contributed by atoms with Crippen molar-refractivity contribution in [2.24, 2.45) is 0 Å². The van der Waals surface area contributed by atoms with Gasteiger partial charge in [0.1, 0.15) is 11.6 Å². The Morgan fingerprint density at radius 2 is 1.58 bits per heavy atom. The first-order valence-corrected chi connectivity index (χ1v) is 13.0. The van der Waals surface area contributed by atoms with E-state index >= 15 is 0 Å². The predicted octanol–water partition coefficient (Wildman–Crippen LogP) is 6.54. The van der Waals surface area contributed by atoms with Crippen molar-refractivity contribution in [3.63, 3.8) is 0 Å². The van der Waals surface area contributed by atoms with E-state index in [4.69, 9.17) is 9.90 Å². The fraction of sp³-hybridized carbons (Fsp3) is 0.0968. The van der Waals surface area contributed by atoms with Crippen LogP contribution in [0.25, 0.3) is 39.2 Å². The standard InChI is InChI=1S/C29H23FN6.C2HF3O2/c30-24-13-14-27-28(16-24)34-29(33-27)23-6-4-5-22(15-23)21-11-9-20(10-12-21)17-31-18-25-19-32-36(35-25)26-7-2-1-3-8-26;3-2(4,5)1(6)7/h1-16,19,31H,17-18H2,(H,33,34);(H,6,7). The summed E-state index contributed by atoms with van der Waals surface area (Å²) in [6.45, 7) is 1.37. The summed E-state index contributed by atoms with van der Waals surface area (Å²) in [4.78, 5) is 18.4. The Hall–Kier alpha value is -5.36. The van der Waals surface area contributed by atoms with Gasteiger partial charge in [-0.3, -0.25) is 0 Å². The molecule has 0 fully saturated rings. The molecule has 0 radical (unpaired) electrons. The maximum Gasteiger partial charge on any atom is 0.490 e. The number of benzene rings is 4. The van der Waals surface area contributed by atoms with Gasteiger partial charge in [0.25, 0.3) is 0 Å². The lowest BCUT2D eigenvalue weighted by molar-refractivity contribution is -0.192. The second-order valence-electron chi connectivity index (χ2n) is 9.39. The maximum absolute atomic E-state index is 13.5. The van der Waals surface area contributed by atoms with Crippen LogP contribution in [0.5, 0.6) is 0 Å². The van der Waals surface area contributed by atoms with Crippen molar-refractivity contribution >= 4 is 17.0 Å². The number of halogens is 4. The zero-order chi connectivity index (χ0) is 30.4. The summed E-state index contributed by atoms with van der Waals surface area (Å²) in [7, 11) is 0. The van der Waals surface area contributed by atoms with Gasteiger partial charge >= 0.3 is 12.1 Å². The van der Waals surface area contributed by atoms with Crippen molar-refractivity contribution in [1.29, 1.82) is 0 Å². The summed E-state index contributed by atoms with van der Waals surface area (Å²) in [5.41, 5.74) is 7.62. The summed E-state index contributed by atoms with van der Waals surface area (Å²) < 4.78 is 45.3. The summed E-state index contributed by atoms with van der Waals surface area (Å²) in [5.74, 6) is -2.31. The quantitative estimate of drug-likeness (QED) is 0.183. The van der Waals surface area contributed by atoms with E-state index < -0.39 is 12.1 Å². The van der Waals surface area contributed by atoms with Crippen molar-refractivity contribution < 1.29 is 27.5 Å². The first-order valence-electron chi connectivity index (χ1n) is 13.0. The highest BCUT2D eigenvalue weighted by Crippen LogP contribution is 2.27. The molecule has 0 aliphatic rings. The number of fused-ring (bicyclic) bond motifs is 1. The van der Waals surface area contributed by atoms with Crippen LogP contribution in [0, 0.1) is 5.82 Å². The van der Waals surface area contributed by atoms with E-state index in [-0.39, 0.29) is 5.82 Å². The number of nitrogens with one attached hydrogen (secondary N) is 2. The summed E-state index contributed by atoms with van der Waals surface area (Å²) in [6, 6.07) is 31.1. The molecule has 0 saturated heterocycles. The highest BCUT2D eigenvalue weighted by Gasteiger charge is 2.38. The summed E-state index contributed by atoms with van der Waals surface area (Å²) in [6.07, 6.45) is -3.30. The molecule has 8 nitrogen and oxygen atoms in total. The predicted molar refractivity (Wildman–Crippen MR) is 153 cm³/mol. The van der Waals surface area contributed by atoms with Gasteiger partial charge in [-0.25, -0.2) is 14.2 Å². The van der Waals surface area contributed by atoms with Crippen molar-refractivity contribution in [3.05, 3.63) is 120 Å². The van der Waals surface area contributed by atoms with Gasteiger partial charge in [0.15, 0.2) is 0 Å². The van der Waals surface area contributed by atoms with Crippen molar-refractivity contribution in [2.45, 2.75) is 19.3 Å². The van der Waals surface area contributed by atoms with E-state index in [1.54, 1.807) is 17.1 Å². The molecule has 0 amide bonds. The smallest absolute Gasteiger partial charge is 0.475 e. The normalized spacial score (nSPS) is 11.3. The number of aliphatic carboxylic acids is 1. The zero-order valence-electron chi connectivity index (χ0n) is 22.4. The summed E-state index contributed by atoms with van der Waals surface area (Å²) >= 11 is 0. The van der Waals surface area contributed by atoms with Gasteiger partial charge in [-0.05, 0) is 53.1 Å². The third-order valence-corrected chi connectivity index (χ3v) is 6.27. The number of carboxylic acids is 1. The topological polar surface area (TPSA) is 109 Å². The number of hydrogen-bond donors (Lipinski definition) is 3. The van der Waals surface area contributed by atoms with Crippen LogP contribution in [0.3, 0.4) is 0 Å². The van der Waals surface area contributed by atoms with E-state index in [0.29, 0.717) is 12.1 Å². The molecule has 0 spiro atoms. The van der Waals surface area contributed by atoms with Crippen molar-refractivity contribution in [1.82, 2.24) is 30.3 Å². The van der Waals surface area contributed by atoms with Gasteiger partial charge in [-0.2, -0.15) is 28.2 Å². The van der Waals surface area contributed by atoms with Gasteiger partial charge in [0.05, 0.1) is 28.6 Å². The van der Waals surface area contributed by atoms with Gasteiger partial charge in [-0.15, -0.1) is 0 Å². The third-order valence-electron chi connectivity index (χ3n) is 6.27. The van der Waals surface area contributed by atoms with Crippen molar-refractivity contribution in [2.75, 3.05) is 0 Å². The highest BCUT2D eigenvalue weighted by atomic mass is 19.4. The van der Waals surface area contributed by atoms with E-state index in [1.807, 2.05) is 42.5 Å². The Morgan fingerprint density at radius 1 is 0.860 bits per heavy atom. The Bertz CT molecular complexity index is 1830. The van der Waals surface area contributed by atoms with Gasteiger partial charge in [-0.1, -0.05) is 60.7 Å². The molecular formula is C31H24F4N6O2. The number of imidazole rings is 1. The first-order chi connectivity index (χ1) is 20.7. The maximum atomic E-state index is 13.5. The van der Waals surface area contributed by atoms with Crippen LogP contribution in [0.15, 0.2) is 103 Å². The Kier molecular flexibility index (Phi) is 8.58. The van der Waals surface area contributed by atoms with Gasteiger partial charge in [0.2, 0.25) is 0 Å². The first kappa shape index (κ1) is 29.1. The molecule has 43 heavy (non-hydrogen) atoms.